The van der Waals surface area contributed by atoms with E-state index in [9.17, 15) is 4.79 Å². The first-order valence-electron chi connectivity index (χ1n) is 6.56. The van der Waals surface area contributed by atoms with Gasteiger partial charge in [0.05, 0.1) is 0 Å². The van der Waals surface area contributed by atoms with Crippen molar-refractivity contribution in [3.05, 3.63) is 46.4 Å². The predicted octanol–water partition coefficient (Wildman–Crippen LogP) is 3.35. The second-order valence-corrected chi connectivity index (χ2v) is 6.27. The molecule has 0 atom stereocenters. The van der Waals surface area contributed by atoms with Gasteiger partial charge in [-0.1, -0.05) is 55.4 Å². The number of hydrogen-bond acceptors (Lipinski definition) is 5. The summed E-state index contributed by atoms with van der Waals surface area (Å²) in [5, 5.41) is 8.07. The Hall–Kier alpha value is -1.27. The Morgan fingerprint density at radius 1 is 1.15 bits per heavy atom. The first-order chi connectivity index (χ1) is 9.79. The highest BCUT2D eigenvalue weighted by Crippen LogP contribution is 2.28. The van der Waals surface area contributed by atoms with Gasteiger partial charge in [-0.15, -0.1) is 11.8 Å². The zero-order valence-corrected chi connectivity index (χ0v) is 13.0. The number of rotatable bonds is 7. The maximum Gasteiger partial charge on any atom is 0.362 e. The Kier molecular flexibility index (Phi) is 6.14. The van der Waals surface area contributed by atoms with Gasteiger partial charge in [-0.05, 0) is 17.7 Å². The monoisotopic (exact) mass is 307 g/mol. The van der Waals surface area contributed by atoms with E-state index in [1.54, 1.807) is 23.5 Å². The van der Waals surface area contributed by atoms with Crippen LogP contribution in [0.3, 0.4) is 0 Å². The van der Waals surface area contributed by atoms with Crippen molar-refractivity contribution in [1.29, 1.82) is 0 Å². The minimum absolute atomic E-state index is 0.381. The summed E-state index contributed by atoms with van der Waals surface area (Å²) in [6.07, 6.45) is 2.25. The van der Waals surface area contributed by atoms with E-state index in [2.05, 4.69) is 34.2 Å². The van der Waals surface area contributed by atoms with Gasteiger partial charge in [0.15, 0.2) is 0 Å². The fourth-order valence-electron chi connectivity index (χ4n) is 1.54. The normalized spacial score (nSPS) is 10.7. The Bertz CT molecular complexity index is 586. The molecule has 2 aromatic rings. The highest BCUT2D eigenvalue weighted by atomic mass is 32.2. The van der Waals surface area contributed by atoms with E-state index >= 15 is 0 Å². The standard InChI is InChI=1S/C14H17N3OS2/c1-2-3-9-19-12-13(16-17-14(18)15-12)20-10-11-7-5-4-6-8-11/h4-8H,2-3,9-10H2,1H3,(H,15,17,18). The van der Waals surface area contributed by atoms with Crippen LogP contribution < -0.4 is 5.69 Å². The van der Waals surface area contributed by atoms with Gasteiger partial charge in [0.1, 0.15) is 10.1 Å². The third-order valence-corrected chi connectivity index (χ3v) is 4.81. The molecule has 0 fully saturated rings. The number of aromatic nitrogens is 3. The molecule has 4 nitrogen and oxygen atoms in total. The van der Waals surface area contributed by atoms with Crippen LogP contribution in [0.5, 0.6) is 0 Å². The second-order valence-electron chi connectivity index (χ2n) is 4.23. The van der Waals surface area contributed by atoms with Gasteiger partial charge < -0.3 is 0 Å². The summed E-state index contributed by atoms with van der Waals surface area (Å²) in [6, 6.07) is 10.2. The van der Waals surface area contributed by atoms with Gasteiger partial charge in [-0.2, -0.15) is 10.1 Å². The summed E-state index contributed by atoms with van der Waals surface area (Å²) < 4.78 is 0. The molecule has 0 spiro atoms. The SMILES string of the molecule is CCCCSc1nc(=O)[nH]nc1SCc1ccccc1. The van der Waals surface area contributed by atoms with Crippen LogP contribution in [-0.2, 0) is 5.75 Å². The minimum Gasteiger partial charge on any atom is -0.244 e. The molecule has 0 saturated carbocycles. The largest absolute Gasteiger partial charge is 0.362 e. The highest BCUT2D eigenvalue weighted by molar-refractivity contribution is 8.01. The molecule has 1 aromatic heterocycles. The molecule has 20 heavy (non-hydrogen) atoms. The smallest absolute Gasteiger partial charge is 0.244 e. The maximum absolute atomic E-state index is 11.3. The van der Waals surface area contributed by atoms with Crippen LogP contribution in [0.25, 0.3) is 0 Å². The molecular weight excluding hydrogens is 290 g/mol. The van der Waals surface area contributed by atoms with Crippen LogP contribution >= 0.6 is 23.5 Å². The highest BCUT2D eigenvalue weighted by Gasteiger charge is 2.09. The summed E-state index contributed by atoms with van der Waals surface area (Å²) in [7, 11) is 0. The van der Waals surface area contributed by atoms with Gasteiger partial charge in [-0.25, -0.2) is 9.89 Å². The van der Waals surface area contributed by atoms with Crippen LogP contribution in [0.1, 0.15) is 25.3 Å². The molecule has 106 valence electrons. The van der Waals surface area contributed by atoms with Crippen LogP contribution in [0, 0.1) is 0 Å². The lowest BCUT2D eigenvalue weighted by atomic mass is 10.2. The summed E-state index contributed by atoms with van der Waals surface area (Å²) in [5.74, 6) is 1.79. The number of benzene rings is 1. The topological polar surface area (TPSA) is 58.6 Å². The summed E-state index contributed by atoms with van der Waals surface area (Å²) in [5.41, 5.74) is 0.850. The molecule has 0 amide bonds. The van der Waals surface area contributed by atoms with Gasteiger partial charge in [0, 0.05) is 5.75 Å². The molecular formula is C14H17N3OS2. The first-order valence-corrected chi connectivity index (χ1v) is 8.53. The summed E-state index contributed by atoms with van der Waals surface area (Å²) >= 11 is 3.21. The van der Waals surface area contributed by atoms with E-state index in [0.29, 0.717) is 0 Å². The molecule has 0 aliphatic rings. The van der Waals surface area contributed by atoms with Crippen molar-refractivity contribution in [2.24, 2.45) is 0 Å². The minimum atomic E-state index is -0.381. The first kappa shape index (κ1) is 15.1. The number of H-pyrrole nitrogens is 1. The molecule has 2 rings (SSSR count). The number of hydrogen-bond donors (Lipinski definition) is 1. The van der Waals surface area contributed by atoms with Crippen LogP contribution in [0.2, 0.25) is 0 Å². The van der Waals surface area contributed by atoms with Crippen molar-refractivity contribution in [3.63, 3.8) is 0 Å². The molecule has 0 radical (unpaired) electrons. The lowest BCUT2D eigenvalue weighted by Crippen LogP contribution is -2.14. The fourth-order valence-corrected chi connectivity index (χ4v) is 3.61. The van der Waals surface area contributed by atoms with Crippen molar-refractivity contribution in [2.75, 3.05) is 5.75 Å². The van der Waals surface area contributed by atoms with E-state index in [1.807, 2.05) is 18.2 Å². The Balaban J connectivity index is 2.04. The average Bonchev–Trinajstić information content (AvgIpc) is 2.48. The van der Waals surface area contributed by atoms with Crippen molar-refractivity contribution in [1.82, 2.24) is 15.2 Å². The Morgan fingerprint density at radius 2 is 1.95 bits per heavy atom. The lowest BCUT2D eigenvalue weighted by Gasteiger charge is -2.05. The molecule has 0 aliphatic carbocycles. The second kappa shape index (κ2) is 8.11. The Morgan fingerprint density at radius 3 is 2.70 bits per heavy atom. The van der Waals surface area contributed by atoms with Crippen LogP contribution in [-0.4, -0.2) is 20.9 Å². The summed E-state index contributed by atoms with van der Waals surface area (Å²) in [6.45, 7) is 2.15. The predicted molar refractivity (Wildman–Crippen MR) is 84.3 cm³/mol. The number of nitrogens with zero attached hydrogens (tertiary/aromatic N) is 2. The molecule has 1 heterocycles. The molecule has 0 unspecified atom stereocenters. The van der Waals surface area contributed by atoms with E-state index in [1.165, 1.54) is 5.56 Å². The fraction of sp³-hybridized carbons (Fsp3) is 0.357. The van der Waals surface area contributed by atoms with Crippen molar-refractivity contribution in [3.8, 4) is 0 Å². The van der Waals surface area contributed by atoms with Gasteiger partial charge in [0.25, 0.3) is 0 Å². The molecule has 6 heteroatoms. The van der Waals surface area contributed by atoms with Gasteiger partial charge in [0.2, 0.25) is 0 Å². The molecule has 1 N–H and O–H groups in total. The molecule has 1 aromatic carbocycles. The van der Waals surface area contributed by atoms with Gasteiger partial charge in [-0.3, -0.25) is 0 Å². The lowest BCUT2D eigenvalue weighted by molar-refractivity contribution is 0.761. The van der Waals surface area contributed by atoms with Crippen molar-refractivity contribution < 1.29 is 0 Å². The van der Waals surface area contributed by atoms with E-state index < -0.39 is 0 Å². The molecule has 0 saturated heterocycles. The zero-order chi connectivity index (χ0) is 14.2. The zero-order valence-electron chi connectivity index (χ0n) is 11.3. The third kappa shape index (κ3) is 4.68. The van der Waals surface area contributed by atoms with E-state index in [4.69, 9.17) is 0 Å². The summed E-state index contributed by atoms with van der Waals surface area (Å²) in [4.78, 5) is 15.3. The van der Waals surface area contributed by atoms with Crippen molar-refractivity contribution in [2.45, 2.75) is 35.6 Å². The van der Waals surface area contributed by atoms with E-state index in [0.717, 1.165) is 34.4 Å². The molecule has 0 aliphatic heterocycles. The Labute approximate surface area is 126 Å². The quantitative estimate of drug-likeness (QED) is 0.628. The third-order valence-electron chi connectivity index (χ3n) is 2.59. The number of unbranched alkanes of at least 4 members (excludes halogenated alkanes) is 1. The van der Waals surface area contributed by atoms with E-state index in [-0.39, 0.29) is 5.69 Å². The number of nitrogens with one attached hydrogen (secondary N) is 1. The van der Waals surface area contributed by atoms with Crippen molar-refractivity contribution >= 4 is 23.5 Å². The average molecular weight is 307 g/mol. The maximum atomic E-state index is 11.3. The number of thioether (sulfide) groups is 2. The van der Waals surface area contributed by atoms with Gasteiger partial charge >= 0.3 is 5.69 Å². The van der Waals surface area contributed by atoms with Crippen LogP contribution in [0.15, 0.2) is 45.2 Å². The molecule has 0 bridgehead atoms. The number of aromatic amines is 1. The van der Waals surface area contributed by atoms with Crippen LogP contribution in [0.4, 0.5) is 0 Å².